The number of benzene rings is 2. The van der Waals surface area contributed by atoms with E-state index in [0.717, 1.165) is 28.2 Å². The van der Waals surface area contributed by atoms with Crippen molar-refractivity contribution in [2.45, 2.75) is 5.16 Å². The maximum atomic E-state index is 11.4. The standard InChI is InChI=1S/C18H14N6O4S/c1-23-15-3-2-10(4-13(15)8-19-23)11-5-12(7-14(6-11)24(27)28)17-20-18(22-21-17)29-9-16(25)26/h2-8H,9H2,1H3,(H,25,26)(H,20,21,22). The molecule has 0 saturated heterocycles. The minimum absolute atomic E-state index is 0.0834. The monoisotopic (exact) mass is 410 g/mol. The summed E-state index contributed by atoms with van der Waals surface area (Å²) in [6.07, 6.45) is 1.74. The lowest BCUT2D eigenvalue weighted by atomic mass is 10.0. The number of nitro groups is 1. The Balaban J connectivity index is 1.76. The Morgan fingerprint density at radius 2 is 2.03 bits per heavy atom. The number of H-pyrrole nitrogens is 1. The highest BCUT2D eigenvalue weighted by atomic mass is 32.2. The lowest BCUT2D eigenvalue weighted by molar-refractivity contribution is -0.384. The molecule has 0 fully saturated rings. The highest BCUT2D eigenvalue weighted by molar-refractivity contribution is 7.99. The molecule has 11 heteroatoms. The van der Waals surface area contributed by atoms with Gasteiger partial charge in [-0.3, -0.25) is 24.7 Å². The number of aryl methyl sites for hydroxylation is 1. The minimum atomic E-state index is -0.982. The normalized spacial score (nSPS) is 11.1. The molecule has 0 aliphatic heterocycles. The van der Waals surface area contributed by atoms with Gasteiger partial charge in [0.15, 0.2) is 5.82 Å². The molecule has 4 aromatic rings. The summed E-state index contributed by atoms with van der Waals surface area (Å²) in [6.45, 7) is 0. The van der Waals surface area contributed by atoms with Gasteiger partial charge in [0.2, 0.25) is 5.16 Å². The summed E-state index contributed by atoms with van der Waals surface area (Å²) < 4.78 is 1.75. The van der Waals surface area contributed by atoms with Crippen LogP contribution in [-0.2, 0) is 11.8 Å². The lowest BCUT2D eigenvalue weighted by Crippen LogP contribution is -1.97. The number of rotatable bonds is 6. The molecule has 0 amide bonds. The van der Waals surface area contributed by atoms with Crippen LogP contribution < -0.4 is 0 Å². The Kier molecular flexibility index (Phi) is 4.72. The van der Waals surface area contributed by atoms with Crippen molar-refractivity contribution in [3.05, 3.63) is 52.7 Å². The van der Waals surface area contributed by atoms with E-state index in [4.69, 9.17) is 5.11 Å². The summed E-state index contributed by atoms with van der Waals surface area (Å²) >= 11 is 0.963. The fraction of sp³-hybridized carbons (Fsp3) is 0.111. The molecule has 0 bridgehead atoms. The third-order valence-electron chi connectivity index (χ3n) is 4.27. The van der Waals surface area contributed by atoms with Crippen molar-refractivity contribution in [2.24, 2.45) is 7.05 Å². The molecule has 0 saturated carbocycles. The average molecular weight is 410 g/mol. The van der Waals surface area contributed by atoms with Crippen LogP contribution in [0, 0.1) is 10.1 Å². The van der Waals surface area contributed by atoms with E-state index >= 15 is 0 Å². The molecule has 10 nitrogen and oxygen atoms in total. The molecule has 0 spiro atoms. The molecule has 0 aliphatic rings. The molecule has 0 radical (unpaired) electrons. The topological polar surface area (TPSA) is 140 Å². The number of hydrogen-bond acceptors (Lipinski definition) is 7. The molecular formula is C18H14N6O4S. The number of aliphatic carboxylic acids is 1. The van der Waals surface area contributed by atoms with Crippen molar-refractivity contribution >= 4 is 34.3 Å². The first-order valence-corrected chi connectivity index (χ1v) is 9.38. The number of aromatic amines is 1. The van der Waals surface area contributed by atoms with Crippen molar-refractivity contribution in [1.82, 2.24) is 25.0 Å². The number of fused-ring (bicyclic) bond motifs is 1. The van der Waals surface area contributed by atoms with Crippen molar-refractivity contribution in [2.75, 3.05) is 5.75 Å². The van der Waals surface area contributed by atoms with Crippen LogP contribution in [0.2, 0.25) is 0 Å². The number of nitro benzene ring substituents is 1. The van der Waals surface area contributed by atoms with Crippen LogP contribution in [0.15, 0.2) is 47.8 Å². The van der Waals surface area contributed by atoms with Gasteiger partial charge in [-0.05, 0) is 29.3 Å². The van der Waals surface area contributed by atoms with Gasteiger partial charge >= 0.3 is 5.97 Å². The van der Waals surface area contributed by atoms with Gasteiger partial charge < -0.3 is 5.11 Å². The quantitative estimate of drug-likeness (QED) is 0.281. The van der Waals surface area contributed by atoms with Crippen molar-refractivity contribution in [3.63, 3.8) is 0 Å². The maximum Gasteiger partial charge on any atom is 0.313 e. The zero-order valence-electron chi connectivity index (χ0n) is 15.1. The van der Waals surface area contributed by atoms with E-state index in [2.05, 4.69) is 20.3 Å². The number of thioether (sulfide) groups is 1. The molecule has 2 aromatic carbocycles. The molecule has 0 atom stereocenters. The summed E-state index contributed by atoms with van der Waals surface area (Å²) in [7, 11) is 1.84. The Hall–Kier alpha value is -3.73. The number of carboxylic acids is 1. The number of aromatic nitrogens is 5. The summed E-state index contributed by atoms with van der Waals surface area (Å²) in [5.41, 5.74) is 2.80. The molecule has 2 N–H and O–H groups in total. The molecule has 0 unspecified atom stereocenters. The average Bonchev–Trinajstić information content (AvgIpc) is 3.33. The predicted molar refractivity (Wildman–Crippen MR) is 107 cm³/mol. The van der Waals surface area contributed by atoms with Crippen molar-refractivity contribution < 1.29 is 14.8 Å². The Morgan fingerprint density at radius 3 is 2.79 bits per heavy atom. The molecule has 146 valence electrons. The SMILES string of the molecule is Cn1ncc2cc(-c3cc(-c4nc(SCC(=O)O)n[nH]4)cc([N+](=O)[O-])c3)ccc21. The molecular weight excluding hydrogens is 396 g/mol. The van der Waals surface area contributed by atoms with Gasteiger partial charge in [0.05, 0.1) is 22.4 Å². The zero-order valence-corrected chi connectivity index (χ0v) is 15.9. The Labute approximate surface area is 167 Å². The van der Waals surface area contributed by atoms with E-state index in [1.807, 2.05) is 25.2 Å². The van der Waals surface area contributed by atoms with Crippen molar-refractivity contribution in [1.29, 1.82) is 0 Å². The van der Waals surface area contributed by atoms with Crippen LogP contribution in [0.25, 0.3) is 33.4 Å². The van der Waals surface area contributed by atoms with Gasteiger partial charge in [-0.25, -0.2) is 4.98 Å². The zero-order chi connectivity index (χ0) is 20.5. The van der Waals surface area contributed by atoms with Crippen LogP contribution in [0.1, 0.15) is 0 Å². The van der Waals surface area contributed by atoms with Gasteiger partial charge in [0, 0.05) is 30.1 Å². The highest BCUT2D eigenvalue weighted by Crippen LogP contribution is 2.32. The van der Waals surface area contributed by atoms with Crippen LogP contribution in [-0.4, -0.2) is 46.7 Å². The van der Waals surface area contributed by atoms with Gasteiger partial charge in [0.25, 0.3) is 5.69 Å². The number of nitrogens with one attached hydrogen (secondary N) is 1. The summed E-state index contributed by atoms with van der Waals surface area (Å²) in [6, 6.07) is 10.4. The molecule has 2 heterocycles. The van der Waals surface area contributed by atoms with E-state index in [-0.39, 0.29) is 16.6 Å². The van der Waals surface area contributed by atoms with Crippen LogP contribution >= 0.6 is 11.8 Å². The molecule has 0 aliphatic carbocycles. The number of non-ortho nitro benzene ring substituents is 1. The minimum Gasteiger partial charge on any atom is -0.481 e. The van der Waals surface area contributed by atoms with E-state index in [0.29, 0.717) is 17.0 Å². The third-order valence-corrected chi connectivity index (χ3v) is 5.10. The van der Waals surface area contributed by atoms with Gasteiger partial charge in [-0.15, -0.1) is 5.10 Å². The second-order valence-electron chi connectivity index (χ2n) is 6.22. The molecule has 29 heavy (non-hydrogen) atoms. The third kappa shape index (κ3) is 3.80. The van der Waals surface area contributed by atoms with Crippen LogP contribution in [0.4, 0.5) is 5.69 Å². The fourth-order valence-corrected chi connectivity index (χ4v) is 3.45. The number of carboxylic acid groups (broad SMARTS) is 1. The predicted octanol–water partition coefficient (Wildman–Crippen LogP) is 3.11. The van der Waals surface area contributed by atoms with Gasteiger partial charge in [-0.1, -0.05) is 17.8 Å². The number of carbonyl (C=O) groups is 1. The number of nitrogens with zero attached hydrogens (tertiary/aromatic N) is 5. The summed E-state index contributed by atoms with van der Waals surface area (Å²) in [5.74, 6) is -0.835. The first-order chi connectivity index (χ1) is 13.9. The highest BCUT2D eigenvalue weighted by Gasteiger charge is 2.16. The van der Waals surface area contributed by atoms with Crippen LogP contribution in [0.5, 0.6) is 0 Å². The first-order valence-electron chi connectivity index (χ1n) is 8.40. The Morgan fingerprint density at radius 1 is 1.24 bits per heavy atom. The van der Waals surface area contributed by atoms with E-state index < -0.39 is 10.9 Å². The van der Waals surface area contributed by atoms with E-state index in [9.17, 15) is 14.9 Å². The number of hydrogen-bond donors (Lipinski definition) is 2. The second-order valence-corrected chi connectivity index (χ2v) is 7.16. The largest absolute Gasteiger partial charge is 0.481 e. The smallest absolute Gasteiger partial charge is 0.313 e. The van der Waals surface area contributed by atoms with E-state index in [1.54, 1.807) is 16.9 Å². The van der Waals surface area contributed by atoms with E-state index in [1.165, 1.54) is 12.1 Å². The van der Waals surface area contributed by atoms with Gasteiger partial charge in [-0.2, -0.15) is 5.10 Å². The fourth-order valence-electron chi connectivity index (χ4n) is 2.93. The second kappa shape index (κ2) is 7.36. The maximum absolute atomic E-state index is 11.4. The molecule has 4 rings (SSSR count). The van der Waals surface area contributed by atoms with Crippen molar-refractivity contribution in [3.8, 4) is 22.5 Å². The summed E-state index contributed by atoms with van der Waals surface area (Å²) in [4.78, 5) is 25.9. The van der Waals surface area contributed by atoms with Crippen LogP contribution in [0.3, 0.4) is 0 Å². The first kappa shape index (κ1) is 18.6. The Bertz CT molecular complexity index is 1250. The summed E-state index contributed by atoms with van der Waals surface area (Å²) in [5, 5.41) is 32.3. The van der Waals surface area contributed by atoms with Gasteiger partial charge in [0.1, 0.15) is 0 Å². The molecule has 2 aromatic heterocycles. The lowest BCUT2D eigenvalue weighted by Gasteiger charge is -2.05.